The van der Waals surface area contributed by atoms with E-state index in [0.29, 0.717) is 0 Å². The number of amides is 2. The first-order valence-corrected chi connectivity index (χ1v) is 4.97. The zero-order chi connectivity index (χ0) is 13.7. The summed E-state index contributed by atoms with van der Waals surface area (Å²) >= 11 is 0. The van der Waals surface area contributed by atoms with E-state index in [0.717, 1.165) is 12.1 Å². The highest BCUT2D eigenvalue weighted by Crippen LogP contribution is 2.04. The lowest BCUT2D eigenvalue weighted by molar-refractivity contribution is -0.140. The molecule has 0 aliphatic carbocycles. The van der Waals surface area contributed by atoms with E-state index in [1.165, 1.54) is 12.1 Å². The molecule has 18 heavy (non-hydrogen) atoms. The number of carbonyl (C=O) groups is 3. The molecule has 6 nitrogen and oxygen atoms in total. The second-order valence-electron chi connectivity index (χ2n) is 3.55. The smallest absolute Gasteiger partial charge is 0.326 e. The Labute approximate surface area is 102 Å². The van der Waals surface area contributed by atoms with Gasteiger partial charge in [-0.15, -0.1) is 0 Å². The van der Waals surface area contributed by atoms with Crippen LogP contribution in [0.5, 0.6) is 0 Å². The Morgan fingerprint density at radius 2 is 2.06 bits per heavy atom. The molecule has 2 amide bonds. The molecule has 1 rings (SSSR count). The van der Waals surface area contributed by atoms with E-state index in [9.17, 15) is 18.8 Å². The number of nitrogens with two attached hydrogens (primary N) is 1. The van der Waals surface area contributed by atoms with E-state index in [4.69, 9.17) is 10.8 Å². The van der Waals surface area contributed by atoms with E-state index in [2.05, 4.69) is 5.32 Å². The van der Waals surface area contributed by atoms with Gasteiger partial charge in [0.25, 0.3) is 5.91 Å². The van der Waals surface area contributed by atoms with Crippen molar-refractivity contribution in [3.8, 4) is 0 Å². The molecular weight excluding hydrogens is 243 g/mol. The molecule has 4 N–H and O–H groups in total. The summed E-state index contributed by atoms with van der Waals surface area (Å²) in [4.78, 5) is 33.0. The SMILES string of the molecule is NC(=O)C[C@@H](NC(=O)c1cccc(F)c1)C(=O)O. The lowest BCUT2D eigenvalue weighted by Gasteiger charge is -2.12. The van der Waals surface area contributed by atoms with Crippen molar-refractivity contribution in [2.75, 3.05) is 0 Å². The second kappa shape index (κ2) is 5.76. The van der Waals surface area contributed by atoms with Gasteiger partial charge in [-0.25, -0.2) is 9.18 Å². The number of benzene rings is 1. The number of rotatable bonds is 5. The minimum Gasteiger partial charge on any atom is -0.480 e. The summed E-state index contributed by atoms with van der Waals surface area (Å²) < 4.78 is 12.9. The zero-order valence-corrected chi connectivity index (χ0v) is 9.22. The van der Waals surface area contributed by atoms with E-state index in [-0.39, 0.29) is 5.56 Å². The Hall–Kier alpha value is -2.44. The Kier molecular flexibility index (Phi) is 4.36. The minimum absolute atomic E-state index is 0.0364. The van der Waals surface area contributed by atoms with Crippen molar-refractivity contribution in [2.45, 2.75) is 12.5 Å². The fourth-order valence-corrected chi connectivity index (χ4v) is 1.27. The molecule has 0 radical (unpaired) electrons. The average Bonchev–Trinajstić information content (AvgIpc) is 2.27. The van der Waals surface area contributed by atoms with E-state index >= 15 is 0 Å². The normalized spacial score (nSPS) is 11.6. The fraction of sp³-hybridized carbons (Fsp3) is 0.182. The van der Waals surface area contributed by atoms with Crippen LogP contribution in [0.15, 0.2) is 24.3 Å². The highest BCUT2D eigenvalue weighted by Gasteiger charge is 2.22. The predicted octanol–water partition coefficient (Wildman–Crippen LogP) is -0.116. The number of carboxylic acids is 1. The summed E-state index contributed by atoms with van der Waals surface area (Å²) in [5.41, 5.74) is 4.82. The quantitative estimate of drug-likeness (QED) is 0.680. The standard InChI is InChI=1S/C11H11FN2O4/c12-7-3-1-2-6(4-7)10(16)14-8(11(17)18)5-9(13)15/h1-4,8H,5H2,(H2,13,15)(H,14,16)(H,17,18)/t8-/m1/s1. The van der Waals surface area contributed by atoms with Crippen molar-refractivity contribution >= 4 is 17.8 Å². The number of carboxylic acid groups (broad SMARTS) is 1. The van der Waals surface area contributed by atoms with Crippen LogP contribution in [0, 0.1) is 5.82 Å². The van der Waals surface area contributed by atoms with Gasteiger partial charge < -0.3 is 16.2 Å². The third kappa shape index (κ3) is 3.85. The van der Waals surface area contributed by atoms with Crippen molar-refractivity contribution in [2.24, 2.45) is 5.73 Å². The molecule has 96 valence electrons. The minimum atomic E-state index is -1.43. The third-order valence-corrected chi connectivity index (χ3v) is 2.10. The third-order valence-electron chi connectivity index (χ3n) is 2.10. The Morgan fingerprint density at radius 1 is 1.39 bits per heavy atom. The number of halogens is 1. The van der Waals surface area contributed by atoms with Gasteiger partial charge >= 0.3 is 5.97 Å². The van der Waals surface area contributed by atoms with Crippen LogP contribution in [-0.4, -0.2) is 28.9 Å². The van der Waals surface area contributed by atoms with Crippen molar-refractivity contribution in [3.63, 3.8) is 0 Å². The summed E-state index contributed by atoms with van der Waals surface area (Å²) in [5.74, 6) is -3.66. The Bertz CT molecular complexity index is 490. The van der Waals surface area contributed by atoms with Crippen molar-refractivity contribution in [1.82, 2.24) is 5.32 Å². The summed E-state index contributed by atoms with van der Waals surface area (Å²) in [6, 6.07) is 3.31. The Morgan fingerprint density at radius 3 is 2.56 bits per heavy atom. The number of hydrogen-bond donors (Lipinski definition) is 3. The van der Waals surface area contributed by atoms with Crippen molar-refractivity contribution in [1.29, 1.82) is 0 Å². The van der Waals surface area contributed by atoms with Crippen LogP contribution in [-0.2, 0) is 9.59 Å². The molecule has 0 unspecified atom stereocenters. The number of hydrogen-bond acceptors (Lipinski definition) is 3. The number of carbonyl (C=O) groups excluding carboxylic acids is 2. The van der Waals surface area contributed by atoms with Gasteiger partial charge in [0.05, 0.1) is 6.42 Å². The largest absolute Gasteiger partial charge is 0.480 e. The molecule has 1 aromatic rings. The first-order chi connectivity index (χ1) is 8.40. The molecule has 7 heteroatoms. The van der Waals surface area contributed by atoms with Gasteiger partial charge in [0.1, 0.15) is 11.9 Å². The first-order valence-electron chi connectivity index (χ1n) is 4.97. The fourth-order valence-electron chi connectivity index (χ4n) is 1.27. The average molecular weight is 254 g/mol. The molecule has 0 aliphatic rings. The van der Waals surface area contributed by atoms with Gasteiger partial charge in [-0.05, 0) is 18.2 Å². The Balaban J connectivity index is 2.78. The topological polar surface area (TPSA) is 109 Å². The molecule has 0 saturated heterocycles. The van der Waals surface area contributed by atoms with Crippen LogP contribution in [0.2, 0.25) is 0 Å². The van der Waals surface area contributed by atoms with Crippen LogP contribution >= 0.6 is 0 Å². The number of primary amides is 1. The van der Waals surface area contributed by atoms with Gasteiger partial charge in [0.2, 0.25) is 5.91 Å². The van der Waals surface area contributed by atoms with Crippen molar-refractivity contribution in [3.05, 3.63) is 35.6 Å². The molecule has 0 spiro atoms. The molecule has 1 aromatic carbocycles. The maximum Gasteiger partial charge on any atom is 0.326 e. The maximum absolute atomic E-state index is 12.9. The van der Waals surface area contributed by atoms with E-state index in [1.807, 2.05) is 0 Å². The summed E-state index contributed by atoms with van der Waals surface area (Å²) in [7, 11) is 0. The van der Waals surface area contributed by atoms with Gasteiger partial charge in [-0.1, -0.05) is 6.07 Å². The molecule has 0 aliphatic heterocycles. The van der Waals surface area contributed by atoms with Crippen LogP contribution in [0.3, 0.4) is 0 Å². The number of nitrogens with one attached hydrogen (secondary N) is 1. The zero-order valence-electron chi connectivity index (χ0n) is 9.22. The van der Waals surface area contributed by atoms with Gasteiger partial charge in [-0.2, -0.15) is 0 Å². The van der Waals surface area contributed by atoms with Gasteiger partial charge in [-0.3, -0.25) is 9.59 Å². The molecule has 0 bridgehead atoms. The van der Waals surface area contributed by atoms with Crippen LogP contribution in [0.4, 0.5) is 4.39 Å². The highest BCUT2D eigenvalue weighted by molar-refractivity contribution is 5.97. The summed E-state index contributed by atoms with van der Waals surface area (Å²) in [6.45, 7) is 0. The van der Waals surface area contributed by atoms with Crippen molar-refractivity contribution < 1.29 is 23.9 Å². The second-order valence-corrected chi connectivity index (χ2v) is 3.55. The molecule has 1 atom stereocenters. The van der Waals surface area contributed by atoms with Gasteiger partial charge in [0.15, 0.2) is 0 Å². The molecule has 0 fully saturated rings. The van der Waals surface area contributed by atoms with Crippen LogP contribution in [0.1, 0.15) is 16.8 Å². The molecular formula is C11H11FN2O4. The maximum atomic E-state index is 12.9. The summed E-state index contributed by atoms with van der Waals surface area (Å²) in [6.07, 6.45) is -0.531. The van der Waals surface area contributed by atoms with Gasteiger partial charge in [0, 0.05) is 5.56 Å². The predicted molar refractivity (Wildman–Crippen MR) is 59.1 cm³/mol. The summed E-state index contributed by atoms with van der Waals surface area (Å²) in [5, 5.41) is 10.9. The number of aliphatic carboxylic acids is 1. The lowest BCUT2D eigenvalue weighted by atomic mass is 10.1. The molecule has 0 saturated carbocycles. The first kappa shape index (κ1) is 13.6. The lowest BCUT2D eigenvalue weighted by Crippen LogP contribution is -2.43. The monoisotopic (exact) mass is 254 g/mol. The van der Waals surface area contributed by atoms with Crippen LogP contribution < -0.4 is 11.1 Å². The highest BCUT2D eigenvalue weighted by atomic mass is 19.1. The van der Waals surface area contributed by atoms with Crippen LogP contribution in [0.25, 0.3) is 0 Å². The molecule has 0 heterocycles. The molecule has 0 aromatic heterocycles. The van der Waals surface area contributed by atoms with E-state index in [1.54, 1.807) is 0 Å². The van der Waals surface area contributed by atoms with E-state index < -0.39 is 36.1 Å².